The molecule has 6 aromatic carbocycles. The van der Waals surface area contributed by atoms with Gasteiger partial charge in [-0.3, -0.25) is 4.57 Å². The van der Waals surface area contributed by atoms with Crippen molar-refractivity contribution in [3.63, 3.8) is 0 Å². The number of hydrogen-bond donors (Lipinski definition) is 0. The zero-order chi connectivity index (χ0) is 31.9. The maximum absolute atomic E-state index is 7.90. The lowest BCUT2D eigenvalue weighted by Gasteiger charge is -2.30. The van der Waals surface area contributed by atoms with Gasteiger partial charge in [-0.2, -0.15) is 0 Å². The summed E-state index contributed by atoms with van der Waals surface area (Å²) in [6.45, 7) is 15.8. The Morgan fingerprint density at radius 3 is 2.10 bits per heavy atom. The Morgan fingerprint density at radius 1 is 0.604 bits per heavy atom. The molecule has 6 heteroatoms. The van der Waals surface area contributed by atoms with Crippen LogP contribution in [0.25, 0.3) is 59.5 Å². The van der Waals surface area contributed by atoms with Gasteiger partial charge < -0.3 is 14.1 Å². The van der Waals surface area contributed by atoms with Crippen LogP contribution >= 0.6 is 0 Å². The lowest BCUT2D eigenvalue weighted by molar-refractivity contribution is 0.234. The number of aromatic nitrogens is 1. The highest BCUT2D eigenvalue weighted by Crippen LogP contribution is 2.56. The number of hydrogen-bond acceptors (Lipinski definition) is 3. The van der Waals surface area contributed by atoms with Crippen molar-refractivity contribution in [3.05, 3.63) is 167 Å². The Hall–Kier alpha value is -6.76. The fourth-order valence-corrected chi connectivity index (χ4v) is 7.85. The molecule has 2 aliphatic heterocycles. The second-order valence-electron chi connectivity index (χ2n) is 12.2. The van der Waals surface area contributed by atoms with Gasteiger partial charge in [-0.05, 0) is 47.5 Å². The third kappa shape index (κ3) is 3.54. The number of benzene rings is 6. The first-order valence-electron chi connectivity index (χ1n) is 15.8. The van der Waals surface area contributed by atoms with Crippen LogP contribution in [0.3, 0.4) is 0 Å². The minimum atomic E-state index is -0.314. The molecule has 0 saturated carbocycles. The van der Waals surface area contributed by atoms with Gasteiger partial charge in [-0.15, -0.1) is 0 Å². The summed E-state index contributed by atoms with van der Waals surface area (Å²) in [6.07, 6.45) is -0.314. The molecule has 4 heterocycles. The molecule has 0 amide bonds. The Bertz CT molecular complexity index is 2690. The Morgan fingerprint density at radius 2 is 1.27 bits per heavy atom. The molecular weight excluding hydrogens is 592 g/mol. The highest BCUT2D eigenvalue weighted by atomic mass is 16.5. The van der Waals surface area contributed by atoms with Crippen molar-refractivity contribution in [2.45, 2.75) is 12.1 Å². The number of nitrogens with zero attached hydrogens (tertiary/aromatic N) is 4. The van der Waals surface area contributed by atoms with Gasteiger partial charge in [-0.1, -0.05) is 97.1 Å². The van der Waals surface area contributed by atoms with Gasteiger partial charge in [0.2, 0.25) is 5.71 Å². The summed E-state index contributed by atoms with van der Waals surface area (Å²) >= 11 is 0. The smallest absolute Gasteiger partial charge is 0.213 e. The van der Waals surface area contributed by atoms with Crippen LogP contribution in [0.4, 0.5) is 22.7 Å². The van der Waals surface area contributed by atoms with Crippen molar-refractivity contribution in [2.75, 3.05) is 4.90 Å². The van der Waals surface area contributed by atoms with E-state index in [1.165, 1.54) is 11.1 Å². The van der Waals surface area contributed by atoms with E-state index in [4.69, 9.17) is 22.3 Å². The summed E-state index contributed by atoms with van der Waals surface area (Å²) in [6, 6.07) is 45.0. The average Bonchev–Trinajstić information content (AvgIpc) is 3.87. The van der Waals surface area contributed by atoms with E-state index in [9.17, 15) is 0 Å². The summed E-state index contributed by atoms with van der Waals surface area (Å²) in [7, 11) is 0. The minimum Gasteiger partial charge on any atom is -0.469 e. The van der Waals surface area contributed by atoms with E-state index >= 15 is 0 Å². The molecule has 8 aromatic rings. The van der Waals surface area contributed by atoms with Crippen LogP contribution in [-0.4, -0.2) is 10.8 Å². The van der Waals surface area contributed by atoms with Crippen LogP contribution < -0.4 is 9.64 Å². The monoisotopic (exact) mass is 616 g/mol. The van der Waals surface area contributed by atoms with E-state index in [1.54, 1.807) is 6.07 Å². The normalized spacial score (nSPS) is 16.0. The van der Waals surface area contributed by atoms with Crippen molar-refractivity contribution in [3.8, 4) is 22.6 Å². The fourth-order valence-electron chi connectivity index (χ4n) is 7.85. The van der Waals surface area contributed by atoms with E-state index in [0.717, 1.165) is 66.9 Å². The largest absolute Gasteiger partial charge is 0.469 e. The highest BCUT2D eigenvalue weighted by Gasteiger charge is 2.47. The van der Waals surface area contributed by atoms with Crippen molar-refractivity contribution >= 4 is 55.7 Å². The first-order chi connectivity index (χ1) is 23.7. The molecule has 10 rings (SSSR count). The minimum absolute atomic E-state index is 0.0248. The number of ether oxygens (including phenoxy) is 1. The molecule has 0 fully saturated rings. The Labute approximate surface area is 275 Å². The molecule has 2 atom stereocenters. The molecule has 0 aliphatic carbocycles. The molecule has 0 spiro atoms. The van der Waals surface area contributed by atoms with Crippen molar-refractivity contribution in [1.29, 1.82) is 0 Å². The second-order valence-corrected chi connectivity index (χ2v) is 12.2. The van der Waals surface area contributed by atoms with Gasteiger partial charge in [0, 0.05) is 27.6 Å². The van der Waals surface area contributed by atoms with Gasteiger partial charge in [-0.25, -0.2) is 9.69 Å². The summed E-state index contributed by atoms with van der Waals surface area (Å²) in [5, 5.41) is 3.20. The van der Waals surface area contributed by atoms with Gasteiger partial charge in [0.05, 0.1) is 41.3 Å². The maximum atomic E-state index is 7.90. The molecule has 2 aliphatic rings. The molecular formula is C42H24N4O2. The maximum Gasteiger partial charge on any atom is 0.213 e. The van der Waals surface area contributed by atoms with E-state index in [0.29, 0.717) is 11.4 Å². The third-order valence-corrected chi connectivity index (χ3v) is 9.74. The number of furan rings is 1. The molecule has 0 bridgehead atoms. The van der Waals surface area contributed by atoms with Crippen molar-refractivity contribution < 1.29 is 9.15 Å². The summed E-state index contributed by atoms with van der Waals surface area (Å²) < 4.78 is 15.6. The van der Waals surface area contributed by atoms with Crippen molar-refractivity contribution in [1.82, 2.24) is 4.57 Å². The van der Waals surface area contributed by atoms with Crippen LogP contribution in [-0.2, 0) is 0 Å². The van der Waals surface area contributed by atoms with E-state index in [1.807, 2.05) is 48.5 Å². The zero-order valence-electron chi connectivity index (χ0n) is 25.5. The van der Waals surface area contributed by atoms with Crippen LogP contribution in [0.2, 0.25) is 0 Å². The van der Waals surface area contributed by atoms with Crippen LogP contribution in [0.5, 0.6) is 5.75 Å². The first kappa shape index (κ1) is 26.5. The summed E-state index contributed by atoms with van der Waals surface area (Å²) in [4.78, 5) is 9.84. The molecule has 2 aromatic heterocycles. The Balaban J connectivity index is 1.32. The summed E-state index contributed by atoms with van der Waals surface area (Å²) in [5.74, 6) is 0.909. The van der Waals surface area contributed by atoms with E-state index in [2.05, 4.69) is 98.0 Å². The molecule has 224 valence electrons. The fraction of sp³-hybridized carbons (Fsp3) is 0.0476. The predicted octanol–water partition coefficient (Wildman–Crippen LogP) is 11.3. The molecule has 0 saturated heterocycles. The Kier molecular flexibility index (Phi) is 5.44. The topological polar surface area (TPSA) is 39.3 Å². The molecule has 2 unspecified atom stereocenters. The first-order valence-corrected chi connectivity index (χ1v) is 15.8. The third-order valence-electron chi connectivity index (χ3n) is 9.74. The quantitative estimate of drug-likeness (QED) is 0.185. The van der Waals surface area contributed by atoms with Gasteiger partial charge >= 0.3 is 0 Å². The SMILES string of the molecule is [C-]#[N+]c1cc([N+]#[C-])cc(-c2c(N3c4ccccc4C4c5ccccc5OC43)cccc2-n2c3ccccc3c3c4ccccc4oc32)c1. The molecule has 0 N–H and O–H groups in total. The lowest BCUT2D eigenvalue weighted by atomic mass is 9.93. The number of fused-ring (bicyclic) bond motifs is 10. The molecule has 6 nitrogen and oxygen atoms in total. The van der Waals surface area contributed by atoms with E-state index < -0.39 is 0 Å². The second kappa shape index (κ2) is 9.87. The van der Waals surface area contributed by atoms with Gasteiger partial charge in [0.15, 0.2) is 17.6 Å². The van der Waals surface area contributed by atoms with Gasteiger partial charge in [0.25, 0.3) is 0 Å². The van der Waals surface area contributed by atoms with Gasteiger partial charge in [0.1, 0.15) is 11.3 Å². The van der Waals surface area contributed by atoms with E-state index in [-0.39, 0.29) is 12.1 Å². The van der Waals surface area contributed by atoms with Crippen LogP contribution in [0.1, 0.15) is 17.0 Å². The summed E-state index contributed by atoms with van der Waals surface area (Å²) in [5.41, 5.74) is 10.3. The molecule has 48 heavy (non-hydrogen) atoms. The number of rotatable bonds is 3. The zero-order valence-corrected chi connectivity index (χ0v) is 25.5. The lowest BCUT2D eigenvalue weighted by Crippen LogP contribution is -2.32. The number of para-hydroxylation sites is 4. The highest BCUT2D eigenvalue weighted by molar-refractivity contribution is 6.20. The standard InChI is InChI=1S/C42H24N4O2/c1-43-26-22-25(23-27(24-26)44-2)38-34(45-32-16-7-3-12-28(32)39-30-14-5-9-20-36(30)47-41(39)45)18-11-19-35(38)46-33-17-8-4-13-29(33)40-31-15-6-10-21-37(31)48-42(40)46/h3-24,39,41H. The van der Waals surface area contributed by atoms with Crippen LogP contribution in [0.15, 0.2) is 138 Å². The van der Waals surface area contributed by atoms with Crippen molar-refractivity contribution in [2.24, 2.45) is 0 Å². The molecule has 0 radical (unpaired) electrons. The van der Waals surface area contributed by atoms with Crippen LogP contribution in [0, 0.1) is 13.1 Å². The average molecular weight is 617 g/mol. The predicted molar refractivity (Wildman–Crippen MR) is 190 cm³/mol. The number of anilines is 2.